The minimum Gasteiger partial charge on any atom is -0.467 e. The van der Waals surface area contributed by atoms with Crippen molar-refractivity contribution in [1.82, 2.24) is 14.7 Å². The summed E-state index contributed by atoms with van der Waals surface area (Å²) < 4.78 is 33.2. The van der Waals surface area contributed by atoms with Gasteiger partial charge in [-0.1, -0.05) is 56.3 Å². The van der Waals surface area contributed by atoms with E-state index in [1.807, 2.05) is 36.4 Å². The van der Waals surface area contributed by atoms with Crippen molar-refractivity contribution in [2.45, 2.75) is 33.1 Å². The molecule has 2 aromatic carbocycles. The van der Waals surface area contributed by atoms with E-state index in [-0.39, 0.29) is 12.4 Å². The first kappa shape index (κ1) is 26.6. The number of hydrogen-bond donors (Lipinski definition) is 1. The monoisotopic (exact) mass is 507 g/mol. The quantitative estimate of drug-likeness (QED) is 0.252. The van der Waals surface area contributed by atoms with Crippen LogP contribution in [0, 0.1) is 11.7 Å². The SMILES string of the molecule is CC(C)CN(Cc1c(-c2ccccc2)nn(C)c1Oc1ccccc1F)CC(O)COCc1ccco1. The topological polar surface area (TPSA) is 72.9 Å². The summed E-state index contributed by atoms with van der Waals surface area (Å²) in [5.74, 6) is 1.21. The number of aromatic nitrogens is 2. The van der Waals surface area contributed by atoms with Crippen molar-refractivity contribution in [3.05, 3.63) is 90.1 Å². The predicted molar refractivity (Wildman–Crippen MR) is 140 cm³/mol. The zero-order chi connectivity index (χ0) is 26.2. The Morgan fingerprint density at radius 3 is 2.49 bits per heavy atom. The number of benzene rings is 2. The normalized spacial score (nSPS) is 12.4. The van der Waals surface area contributed by atoms with E-state index in [0.717, 1.165) is 23.4 Å². The summed E-state index contributed by atoms with van der Waals surface area (Å²) in [6, 6.07) is 19.8. The van der Waals surface area contributed by atoms with Gasteiger partial charge in [-0.2, -0.15) is 5.10 Å². The predicted octanol–water partition coefficient (Wildman–Crippen LogP) is 5.65. The minimum absolute atomic E-state index is 0.133. The molecule has 1 unspecified atom stereocenters. The van der Waals surface area contributed by atoms with E-state index in [1.165, 1.54) is 6.07 Å². The number of nitrogens with zero attached hydrogens (tertiary/aromatic N) is 3. The van der Waals surface area contributed by atoms with Crippen LogP contribution in [0.4, 0.5) is 4.39 Å². The fourth-order valence-electron chi connectivity index (χ4n) is 4.27. The molecule has 0 radical (unpaired) electrons. The smallest absolute Gasteiger partial charge is 0.222 e. The van der Waals surface area contributed by atoms with Gasteiger partial charge in [0.2, 0.25) is 5.88 Å². The van der Waals surface area contributed by atoms with E-state index >= 15 is 0 Å². The first-order valence-corrected chi connectivity index (χ1v) is 12.4. The zero-order valence-electron chi connectivity index (χ0n) is 21.5. The summed E-state index contributed by atoms with van der Waals surface area (Å²) >= 11 is 0. The Hall–Kier alpha value is -3.46. The highest BCUT2D eigenvalue weighted by molar-refractivity contribution is 5.65. The van der Waals surface area contributed by atoms with E-state index in [9.17, 15) is 9.50 Å². The van der Waals surface area contributed by atoms with E-state index in [0.29, 0.717) is 37.3 Å². The third-order valence-electron chi connectivity index (χ3n) is 5.79. The van der Waals surface area contributed by atoms with Crippen molar-refractivity contribution in [3.63, 3.8) is 0 Å². The van der Waals surface area contributed by atoms with Gasteiger partial charge in [-0.3, -0.25) is 4.90 Å². The maximum atomic E-state index is 14.5. The molecule has 1 N–H and O–H groups in total. The van der Waals surface area contributed by atoms with Crippen LogP contribution in [0.1, 0.15) is 25.2 Å². The highest BCUT2D eigenvalue weighted by Gasteiger charge is 2.24. The molecule has 0 saturated carbocycles. The van der Waals surface area contributed by atoms with Gasteiger partial charge < -0.3 is 19.0 Å². The van der Waals surface area contributed by atoms with Gasteiger partial charge in [0.25, 0.3) is 0 Å². The van der Waals surface area contributed by atoms with E-state index in [1.54, 1.807) is 42.3 Å². The van der Waals surface area contributed by atoms with Crippen molar-refractivity contribution < 1.29 is 23.4 Å². The fourth-order valence-corrected chi connectivity index (χ4v) is 4.27. The van der Waals surface area contributed by atoms with Gasteiger partial charge in [-0.05, 0) is 30.2 Å². The van der Waals surface area contributed by atoms with Crippen LogP contribution in [-0.2, 0) is 24.9 Å². The van der Waals surface area contributed by atoms with Gasteiger partial charge in [0, 0.05) is 32.2 Å². The maximum absolute atomic E-state index is 14.5. The molecule has 7 nitrogen and oxygen atoms in total. The number of aryl methyl sites for hydroxylation is 1. The van der Waals surface area contributed by atoms with Crippen molar-refractivity contribution >= 4 is 0 Å². The van der Waals surface area contributed by atoms with E-state index in [4.69, 9.17) is 19.0 Å². The molecule has 0 aliphatic carbocycles. The molecule has 4 aromatic rings. The van der Waals surface area contributed by atoms with Crippen LogP contribution in [0.25, 0.3) is 11.3 Å². The number of halogens is 1. The third-order valence-corrected chi connectivity index (χ3v) is 5.79. The third kappa shape index (κ3) is 7.29. The molecule has 0 aliphatic heterocycles. The lowest BCUT2D eigenvalue weighted by Gasteiger charge is -2.27. The number of hydrogen-bond acceptors (Lipinski definition) is 6. The molecule has 2 aromatic heterocycles. The summed E-state index contributed by atoms with van der Waals surface area (Å²) in [5, 5.41) is 15.5. The standard InChI is InChI=1S/C29H34FN3O4/c1-21(2)16-33(17-23(34)19-35-20-24-12-9-15-36-24)18-25-28(22-10-5-4-6-11-22)31-32(3)29(25)37-27-14-8-7-13-26(27)30/h4-15,21,23,34H,16-20H2,1-3H3. The first-order chi connectivity index (χ1) is 17.9. The van der Waals surface area contributed by atoms with Crippen molar-refractivity contribution in [2.24, 2.45) is 13.0 Å². The van der Waals surface area contributed by atoms with Crippen LogP contribution in [0.15, 0.2) is 77.4 Å². The molecule has 196 valence electrons. The second-order valence-corrected chi connectivity index (χ2v) is 9.49. The largest absolute Gasteiger partial charge is 0.467 e. The highest BCUT2D eigenvalue weighted by atomic mass is 19.1. The Morgan fingerprint density at radius 1 is 1.03 bits per heavy atom. The summed E-state index contributed by atoms with van der Waals surface area (Å²) in [6.45, 7) is 6.31. The van der Waals surface area contributed by atoms with Crippen LogP contribution in [0.3, 0.4) is 0 Å². The average Bonchev–Trinajstić information content (AvgIpc) is 3.49. The Labute approximate surface area is 217 Å². The second-order valence-electron chi connectivity index (χ2n) is 9.49. The van der Waals surface area contributed by atoms with Crippen LogP contribution in [0.2, 0.25) is 0 Å². The number of furan rings is 1. The molecule has 0 aliphatic rings. The number of aliphatic hydroxyl groups excluding tert-OH is 1. The number of para-hydroxylation sites is 1. The van der Waals surface area contributed by atoms with Crippen LogP contribution < -0.4 is 4.74 Å². The number of rotatable bonds is 13. The van der Waals surface area contributed by atoms with Crippen LogP contribution in [-0.4, -0.2) is 45.6 Å². The maximum Gasteiger partial charge on any atom is 0.222 e. The molecule has 0 fully saturated rings. The molecule has 0 amide bonds. The van der Waals surface area contributed by atoms with Crippen molar-refractivity contribution in [1.29, 1.82) is 0 Å². The molecule has 8 heteroatoms. The molecule has 2 heterocycles. The fraction of sp³-hybridized carbons (Fsp3) is 0.345. The van der Waals surface area contributed by atoms with Crippen LogP contribution >= 0.6 is 0 Å². The molecule has 0 saturated heterocycles. The van der Waals surface area contributed by atoms with Gasteiger partial charge >= 0.3 is 0 Å². The van der Waals surface area contributed by atoms with Crippen molar-refractivity contribution in [3.8, 4) is 22.9 Å². The van der Waals surface area contributed by atoms with E-state index < -0.39 is 11.9 Å². The van der Waals surface area contributed by atoms with Crippen LogP contribution in [0.5, 0.6) is 11.6 Å². The summed E-state index contributed by atoms with van der Waals surface area (Å²) in [6.07, 6.45) is 0.889. The average molecular weight is 508 g/mol. The molecular weight excluding hydrogens is 473 g/mol. The van der Waals surface area contributed by atoms with Gasteiger partial charge in [0.05, 0.1) is 24.5 Å². The Balaban J connectivity index is 1.58. The molecule has 0 spiro atoms. The molecule has 1 atom stereocenters. The van der Waals surface area contributed by atoms with Crippen molar-refractivity contribution in [2.75, 3.05) is 19.7 Å². The van der Waals surface area contributed by atoms with Gasteiger partial charge in [0.15, 0.2) is 11.6 Å². The lowest BCUT2D eigenvalue weighted by atomic mass is 10.1. The van der Waals surface area contributed by atoms with Gasteiger partial charge in [-0.15, -0.1) is 0 Å². The lowest BCUT2D eigenvalue weighted by Crippen LogP contribution is -2.37. The highest BCUT2D eigenvalue weighted by Crippen LogP contribution is 2.35. The number of ether oxygens (including phenoxy) is 2. The summed E-state index contributed by atoms with van der Waals surface area (Å²) in [4.78, 5) is 2.16. The second kappa shape index (κ2) is 12.7. The van der Waals surface area contributed by atoms with E-state index in [2.05, 4.69) is 18.7 Å². The Kier molecular flexibility index (Phi) is 9.11. The first-order valence-electron chi connectivity index (χ1n) is 12.4. The molecular formula is C29H34FN3O4. The molecule has 37 heavy (non-hydrogen) atoms. The zero-order valence-corrected chi connectivity index (χ0v) is 21.5. The molecule has 4 rings (SSSR count). The summed E-state index contributed by atoms with van der Waals surface area (Å²) in [5.41, 5.74) is 2.51. The number of aliphatic hydroxyl groups is 1. The van der Waals surface area contributed by atoms with Gasteiger partial charge in [0.1, 0.15) is 18.1 Å². The van der Waals surface area contributed by atoms with Gasteiger partial charge in [-0.25, -0.2) is 9.07 Å². The minimum atomic E-state index is -0.707. The lowest BCUT2D eigenvalue weighted by molar-refractivity contribution is 0.00217. The Morgan fingerprint density at radius 2 is 1.78 bits per heavy atom. The Bertz CT molecular complexity index is 1240. The summed E-state index contributed by atoms with van der Waals surface area (Å²) in [7, 11) is 1.79. The molecule has 0 bridgehead atoms.